The second-order valence-corrected chi connectivity index (χ2v) is 9.59. The molecular weight excluding hydrogens is 398 g/mol. The molecule has 0 spiro atoms. The van der Waals surface area contributed by atoms with Crippen molar-refractivity contribution in [2.24, 2.45) is 11.8 Å². The summed E-state index contributed by atoms with van der Waals surface area (Å²) in [4.78, 5) is 15.1. The molecule has 4 heterocycles. The molecule has 1 saturated carbocycles. The predicted molar refractivity (Wildman–Crippen MR) is 124 cm³/mol. The molecular formula is C26H29N5O. The zero-order valence-electron chi connectivity index (χ0n) is 18.2. The van der Waals surface area contributed by atoms with E-state index in [0.717, 1.165) is 56.6 Å². The largest absolute Gasteiger partial charge is 0.353 e. The molecule has 2 bridgehead atoms. The molecule has 3 aliphatic heterocycles. The van der Waals surface area contributed by atoms with Crippen molar-refractivity contribution >= 4 is 5.91 Å². The Morgan fingerprint density at radius 1 is 0.969 bits per heavy atom. The summed E-state index contributed by atoms with van der Waals surface area (Å²) in [6.45, 7) is 2.81. The number of nitrogens with one attached hydrogen (secondary N) is 1. The Bertz CT molecular complexity index is 1090. The molecule has 164 valence electrons. The molecule has 1 N–H and O–H groups in total. The maximum atomic E-state index is 12.6. The first-order valence-corrected chi connectivity index (χ1v) is 11.8. The molecule has 6 heteroatoms. The number of nitrogens with zero attached hydrogens (tertiary/aromatic N) is 4. The summed E-state index contributed by atoms with van der Waals surface area (Å²) >= 11 is 0. The third-order valence-corrected chi connectivity index (χ3v) is 7.36. The van der Waals surface area contributed by atoms with Crippen LogP contribution < -0.4 is 5.32 Å². The number of amides is 1. The van der Waals surface area contributed by atoms with E-state index >= 15 is 0 Å². The van der Waals surface area contributed by atoms with Gasteiger partial charge in [-0.3, -0.25) is 14.4 Å². The minimum absolute atomic E-state index is 0.162. The fourth-order valence-corrected chi connectivity index (χ4v) is 5.36. The van der Waals surface area contributed by atoms with Crippen LogP contribution in [0.15, 0.2) is 60.8 Å². The van der Waals surface area contributed by atoms with Crippen LogP contribution in [-0.2, 0) is 11.3 Å². The lowest BCUT2D eigenvalue weighted by atomic mass is 9.75. The molecule has 7 rings (SSSR count). The molecule has 3 aromatic rings. The van der Waals surface area contributed by atoms with E-state index in [4.69, 9.17) is 0 Å². The Balaban J connectivity index is 1.10. The summed E-state index contributed by atoms with van der Waals surface area (Å²) in [6.07, 6.45) is 6.57. The molecule has 1 aromatic heterocycles. The minimum Gasteiger partial charge on any atom is -0.353 e. The van der Waals surface area contributed by atoms with Crippen LogP contribution in [0.4, 0.5) is 0 Å². The quantitative estimate of drug-likeness (QED) is 0.653. The number of carbonyl (C=O) groups excluding carboxylic acids is 1. The molecule has 3 saturated heterocycles. The summed E-state index contributed by atoms with van der Waals surface area (Å²) in [7, 11) is 0. The van der Waals surface area contributed by atoms with Gasteiger partial charge < -0.3 is 5.32 Å². The molecule has 2 aromatic carbocycles. The number of hydrogen-bond acceptors (Lipinski definition) is 4. The van der Waals surface area contributed by atoms with Gasteiger partial charge in [0.2, 0.25) is 5.91 Å². The van der Waals surface area contributed by atoms with E-state index in [2.05, 4.69) is 75.3 Å². The number of hydrogen-bond donors (Lipinski definition) is 1. The van der Waals surface area contributed by atoms with Gasteiger partial charge in [-0.05, 0) is 49.3 Å². The molecule has 4 aliphatic rings. The molecule has 32 heavy (non-hydrogen) atoms. The van der Waals surface area contributed by atoms with Crippen LogP contribution in [0.3, 0.4) is 0 Å². The van der Waals surface area contributed by atoms with E-state index in [0.29, 0.717) is 18.0 Å². The van der Waals surface area contributed by atoms with Gasteiger partial charge in [0.25, 0.3) is 0 Å². The first-order chi connectivity index (χ1) is 15.7. The van der Waals surface area contributed by atoms with E-state index in [1.54, 1.807) is 0 Å². The van der Waals surface area contributed by atoms with E-state index in [9.17, 15) is 4.79 Å². The fourth-order valence-electron chi connectivity index (χ4n) is 5.36. The van der Waals surface area contributed by atoms with Crippen molar-refractivity contribution in [1.29, 1.82) is 0 Å². The van der Waals surface area contributed by atoms with Gasteiger partial charge in [0.1, 0.15) is 5.69 Å². The van der Waals surface area contributed by atoms with Gasteiger partial charge in [0.15, 0.2) is 0 Å². The van der Waals surface area contributed by atoms with Crippen molar-refractivity contribution in [3.05, 3.63) is 60.8 Å². The highest BCUT2D eigenvalue weighted by molar-refractivity contribution is 5.80. The standard InChI is InChI=1S/C26H29N5O/c32-26(27-22-10-11-22)24-16-30-13-12-21(24)14-23(30)15-31-17-25(28-29-31)20-8-6-19(7-9-20)18-4-2-1-3-5-18/h1-9,17,21-24H,10-16H2,(H,27,32). The zero-order chi connectivity index (χ0) is 21.5. The highest BCUT2D eigenvalue weighted by atomic mass is 16.2. The van der Waals surface area contributed by atoms with Crippen molar-refractivity contribution in [2.75, 3.05) is 13.1 Å². The SMILES string of the molecule is O=C(NC1CC1)C1CN2CCC1CC2Cn1cc(-c2ccc(-c3ccccc3)cc2)nn1. The van der Waals surface area contributed by atoms with Gasteiger partial charge >= 0.3 is 0 Å². The molecule has 0 radical (unpaired) electrons. The molecule has 6 nitrogen and oxygen atoms in total. The van der Waals surface area contributed by atoms with Crippen LogP contribution >= 0.6 is 0 Å². The van der Waals surface area contributed by atoms with Gasteiger partial charge in [-0.1, -0.05) is 59.8 Å². The number of piperidine rings is 3. The highest BCUT2D eigenvalue weighted by Crippen LogP contribution is 2.37. The van der Waals surface area contributed by atoms with Crippen LogP contribution in [0.2, 0.25) is 0 Å². The van der Waals surface area contributed by atoms with Crippen LogP contribution in [0.1, 0.15) is 25.7 Å². The minimum atomic E-state index is 0.162. The monoisotopic (exact) mass is 427 g/mol. The Kier molecular flexibility index (Phi) is 5.02. The van der Waals surface area contributed by atoms with Gasteiger partial charge in [-0.25, -0.2) is 0 Å². The molecule has 4 atom stereocenters. The summed E-state index contributed by atoms with van der Waals surface area (Å²) in [5, 5.41) is 12.1. The summed E-state index contributed by atoms with van der Waals surface area (Å²) in [6, 6.07) is 19.8. The Labute approximate surface area is 188 Å². The maximum Gasteiger partial charge on any atom is 0.224 e. The van der Waals surface area contributed by atoms with Gasteiger partial charge in [-0.15, -0.1) is 5.10 Å². The van der Waals surface area contributed by atoms with Crippen LogP contribution in [0.5, 0.6) is 0 Å². The average molecular weight is 428 g/mol. The first-order valence-electron chi connectivity index (χ1n) is 11.8. The molecule has 4 unspecified atom stereocenters. The predicted octanol–water partition coefficient (Wildman–Crippen LogP) is 3.60. The summed E-state index contributed by atoms with van der Waals surface area (Å²) < 4.78 is 1.98. The van der Waals surface area contributed by atoms with E-state index in [1.807, 2.05) is 10.7 Å². The van der Waals surface area contributed by atoms with Crippen LogP contribution in [0.25, 0.3) is 22.4 Å². The van der Waals surface area contributed by atoms with Crippen LogP contribution in [0, 0.1) is 11.8 Å². The number of rotatable bonds is 6. The lowest BCUT2D eigenvalue weighted by Gasteiger charge is -2.49. The second kappa shape index (κ2) is 8.17. The van der Waals surface area contributed by atoms with Gasteiger partial charge in [-0.2, -0.15) is 0 Å². The van der Waals surface area contributed by atoms with Crippen molar-refractivity contribution in [1.82, 2.24) is 25.2 Å². The van der Waals surface area contributed by atoms with Crippen molar-refractivity contribution in [2.45, 2.75) is 44.3 Å². The molecule has 1 aliphatic carbocycles. The molecule has 4 fully saturated rings. The molecule has 1 amide bonds. The second-order valence-electron chi connectivity index (χ2n) is 9.59. The van der Waals surface area contributed by atoms with E-state index in [-0.39, 0.29) is 11.8 Å². The first kappa shape index (κ1) is 19.7. The lowest BCUT2D eigenvalue weighted by molar-refractivity contribution is -0.133. The Morgan fingerprint density at radius 2 is 1.72 bits per heavy atom. The van der Waals surface area contributed by atoms with Crippen LogP contribution in [-0.4, -0.2) is 51.0 Å². The number of benzene rings is 2. The van der Waals surface area contributed by atoms with E-state index < -0.39 is 0 Å². The number of carbonyl (C=O) groups is 1. The third-order valence-electron chi connectivity index (χ3n) is 7.36. The summed E-state index contributed by atoms with van der Waals surface area (Å²) in [5.74, 6) is 0.940. The Morgan fingerprint density at radius 3 is 2.44 bits per heavy atom. The topological polar surface area (TPSA) is 63.1 Å². The average Bonchev–Trinajstić information content (AvgIpc) is 3.54. The maximum absolute atomic E-state index is 12.6. The lowest BCUT2D eigenvalue weighted by Crippen LogP contribution is -2.58. The summed E-state index contributed by atoms with van der Waals surface area (Å²) in [5.41, 5.74) is 4.40. The van der Waals surface area contributed by atoms with Gasteiger partial charge in [0.05, 0.1) is 18.7 Å². The van der Waals surface area contributed by atoms with Gasteiger partial charge in [0, 0.05) is 24.2 Å². The zero-order valence-corrected chi connectivity index (χ0v) is 18.2. The normalized spacial score (nSPS) is 26.8. The van der Waals surface area contributed by atoms with Crippen molar-refractivity contribution < 1.29 is 4.79 Å². The van der Waals surface area contributed by atoms with E-state index in [1.165, 1.54) is 11.1 Å². The van der Waals surface area contributed by atoms with Crippen molar-refractivity contribution in [3.8, 4) is 22.4 Å². The number of aromatic nitrogens is 3. The number of fused-ring (bicyclic) bond motifs is 3. The third kappa shape index (κ3) is 3.95. The fraction of sp³-hybridized carbons (Fsp3) is 0.423. The van der Waals surface area contributed by atoms with Crippen molar-refractivity contribution in [3.63, 3.8) is 0 Å². The highest BCUT2D eigenvalue weighted by Gasteiger charge is 2.44. The Hall–Kier alpha value is -2.99. The smallest absolute Gasteiger partial charge is 0.224 e.